The third kappa shape index (κ3) is 69.7. The van der Waals surface area contributed by atoms with Gasteiger partial charge in [-0.15, -0.1) is 0 Å². The summed E-state index contributed by atoms with van der Waals surface area (Å²) in [7, 11) is -5.17. The molecule has 0 atom stereocenters. The Morgan fingerprint density at radius 1 is 1.12 bits per heavy atom. The van der Waals surface area contributed by atoms with Crippen molar-refractivity contribution in [1.29, 1.82) is 0 Å². The standard InChI is InChI=1S/Al.Ba.Mg.H2O4S/c;;;1-5(2,3)4/h;;;(H2,1,2,3,4)/q+3;2*+2;/p-2. The fraction of sp³-hybridized carbons (Fsp3) is 0. The van der Waals surface area contributed by atoms with Gasteiger partial charge in [-0.05, 0) is 0 Å². The van der Waals surface area contributed by atoms with Crippen molar-refractivity contribution >= 4 is 99.7 Å². The zero-order chi connectivity index (χ0) is 4.50. The van der Waals surface area contributed by atoms with Crippen LogP contribution in [0.25, 0.3) is 0 Å². The van der Waals surface area contributed by atoms with Crippen LogP contribution in [-0.4, -0.2) is 107 Å². The topological polar surface area (TPSA) is 80.3 Å². The smallest absolute Gasteiger partial charge is 0.759 e. The molecule has 8 heteroatoms. The molecular weight excluding hydrogens is 285 g/mol. The number of hydrogen-bond donors (Lipinski definition) is 0. The summed E-state index contributed by atoms with van der Waals surface area (Å²) in [4.78, 5) is 0. The van der Waals surface area contributed by atoms with Gasteiger partial charge in [-0.1, -0.05) is 0 Å². The Bertz CT molecular complexity index is 99.2. The van der Waals surface area contributed by atoms with Gasteiger partial charge < -0.3 is 9.11 Å². The van der Waals surface area contributed by atoms with E-state index in [9.17, 15) is 0 Å². The van der Waals surface area contributed by atoms with Crippen molar-refractivity contribution in [3.63, 3.8) is 0 Å². The first-order valence-electron chi connectivity index (χ1n) is 0.667. The Labute approximate surface area is 115 Å². The molecule has 0 aromatic carbocycles. The van der Waals surface area contributed by atoms with Gasteiger partial charge in [0.2, 0.25) is 0 Å². The van der Waals surface area contributed by atoms with Gasteiger partial charge in [-0.2, -0.15) is 0 Å². The van der Waals surface area contributed by atoms with E-state index in [0.717, 1.165) is 0 Å². The van der Waals surface area contributed by atoms with Gasteiger partial charge in [0, 0.05) is 10.4 Å². The summed E-state index contributed by atoms with van der Waals surface area (Å²) < 4.78 is 34.1. The molecule has 0 N–H and O–H groups in total. The summed E-state index contributed by atoms with van der Waals surface area (Å²) in [6, 6.07) is 0. The van der Waals surface area contributed by atoms with E-state index in [0.29, 0.717) is 0 Å². The van der Waals surface area contributed by atoms with Crippen LogP contribution >= 0.6 is 0 Å². The molecule has 32 valence electrons. The predicted octanol–water partition coefficient (Wildman–Crippen LogP) is -2.48. The zero-order valence-corrected chi connectivity index (χ0v) is 11.9. The van der Waals surface area contributed by atoms with Crippen LogP contribution in [0, 0.1) is 0 Å². The average molecular weight is 285 g/mol. The normalized spacial score (nSPS) is 7.25. The second kappa shape index (κ2) is 9.74. The second-order valence-corrected chi connectivity index (χ2v) is 1.22. The van der Waals surface area contributed by atoms with Crippen molar-refractivity contribution < 1.29 is 17.5 Å². The third-order valence-corrected chi connectivity index (χ3v) is 0. The Hall–Kier alpha value is 2.74. The van der Waals surface area contributed by atoms with E-state index < -0.39 is 10.4 Å². The van der Waals surface area contributed by atoms with Gasteiger partial charge >= 0.3 is 89.3 Å². The van der Waals surface area contributed by atoms with Crippen molar-refractivity contribution in [1.82, 2.24) is 0 Å². The monoisotopic (exact) mass is 285 g/mol. The third-order valence-electron chi connectivity index (χ3n) is 0. The first kappa shape index (κ1) is 22.4. The maximum Gasteiger partial charge on any atom is 3.00 e. The van der Waals surface area contributed by atoms with Crippen LogP contribution in [0.2, 0.25) is 0 Å². The van der Waals surface area contributed by atoms with Gasteiger partial charge in [0.1, 0.15) is 0 Å². The molecule has 0 radical (unpaired) electrons. The molecule has 0 bridgehead atoms. The Morgan fingerprint density at radius 3 is 1.12 bits per heavy atom. The van der Waals surface area contributed by atoms with Crippen LogP contribution in [-0.2, 0) is 10.4 Å². The Kier molecular flexibility index (Phi) is 27.3. The Morgan fingerprint density at radius 2 is 1.12 bits per heavy atom. The van der Waals surface area contributed by atoms with Crippen LogP contribution in [0.1, 0.15) is 0 Å². The summed E-state index contributed by atoms with van der Waals surface area (Å²) in [6.07, 6.45) is 0. The molecule has 0 rings (SSSR count). The van der Waals surface area contributed by atoms with Gasteiger partial charge in [0.05, 0.1) is 0 Å². The molecule has 0 amide bonds. The summed E-state index contributed by atoms with van der Waals surface area (Å²) in [5, 5.41) is 0. The van der Waals surface area contributed by atoms with Crippen LogP contribution < -0.4 is 0 Å². The second-order valence-electron chi connectivity index (χ2n) is 0.408. The van der Waals surface area contributed by atoms with Gasteiger partial charge in [-0.3, -0.25) is 8.42 Å². The van der Waals surface area contributed by atoms with Crippen molar-refractivity contribution in [2.45, 2.75) is 0 Å². The molecule has 0 aromatic rings. The SMILES string of the molecule is O=S(=O)([O-])[O-].[Al+3].[Ba+2].[Mg+2]. The molecule has 8 heavy (non-hydrogen) atoms. The molecule has 0 saturated carbocycles. The van der Waals surface area contributed by atoms with Crippen molar-refractivity contribution in [2.24, 2.45) is 0 Å². The largest absolute Gasteiger partial charge is 3.00 e. The van der Waals surface area contributed by atoms with E-state index in [-0.39, 0.29) is 89.3 Å². The predicted molar refractivity (Wildman–Crippen MR) is 27.7 cm³/mol. The minimum Gasteiger partial charge on any atom is -0.759 e. The van der Waals surface area contributed by atoms with Gasteiger partial charge in [0.15, 0.2) is 0 Å². The molecule has 0 spiro atoms. The Balaban J connectivity index is -0.0000000267. The number of rotatable bonds is 0. The molecule has 0 heterocycles. The average Bonchev–Trinajstić information content (AvgIpc) is 0.722. The van der Waals surface area contributed by atoms with Crippen molar-refractivity contribution in [2.75, 3.05) is 0 Å². The number of hydrogen-bond acceptors (Lipinski definition) is 4. The summed E-state index contributed by atoms with van der Waals surface area (Å²) >= 11 is 0. The molecule has 0 unspecified atom stereocenters. The van der Waals surface area contributed by atoms with Crippen LogP contribution in [0.4, 0.5) is 0 Å². The minimum absolute atomic E-state index is 0. The molecule has 0 saturated heterocycles. The van der Waals surface area contributed by atoms with E-state index in [2.05, 4.69) is 0 Å². The first-order valence-corrected chi connectivity index (χ1v) is 2.00. The first-order chi connectivity index (χ1) is 2.00. The molecule has 4 nitrogen and oxygen atoms in total. The quantitative estimate of drug-likeness (QED) is 0.280. The molecule has 0 aliphatic carbocycles. The van der Waals surface area contributed by atoms with Crippen molar-refractivity contribution in [3.05, 3.63) is 0 Å². The fourth-order valence-electron chi connectivity index (χ4n) is 0. The fourth-order valence-corrected chi connectivity index (χ4v) is 0. The summed E-state index contributed by atoms with van der Waals surface area (Å²) in [5.74, 6) is 0. The molecular formula is AlBaMgO4S+5. The summed E-state index contributed by atoms with van der Waals surface area (Å²) in [5.41, 5.74) is 0. The van der Waals surface area contributed by atoms with E-state index in [1.807, 2.05) is 0 Å². The molecule has 0 aliphatic rings. The van der Waals surface area contributed by atoms with E-state index >= 15 is 0 Å². The van der Waals surface area contributed by atoms with Crippen LogP contribution in [0.3, 0.4) is 0 Å². The zero-order valence-electron chi connectivity index (χ0n) is 4.03. The maximum absolute atomic E-state index is 8.52. The maximum atomic E-state index is 8.52. The van der Waals surface area contributed by atoms with E-state index in [1.165, 1.54) is 0 Å². The van der Waals surface area contributed by atoms with E-state index in [1.54, 1.807) is 0 Å². The minimum atomic E-state index is -5.17. The van der Waals surface area contributed by atoms with E-state index in [4.69, 9.17) is 17.5 Å². The molecule has 0 aliphatic heterocycles. The van der Waals surface area contributed by atoms with Crippen LogP contribution in [0.15, 0.2) is 0 Å². The van der Waals surface area contributed by atoms with Crippen molar-refractivity contribution in [3.8, 4) is 0 Å². The molecule has 0 aromatic heterocycles. The van der Waals surface area contributed by atoms with Gasteiger partial charge in [0.25, 0.3) is 0 Å². The van der Waals surface area contributed by atoms with Gasteiger partial charge in [-0.25, -0.2) is 0 Å². The summed E-state index contributed by atoms with van der Waals surface area (Å²) in [6.45, 7) is 0. The van der Waals surface area contributed by atoms with Crippen LogP contribution in [0.5, 0.6) is 0 Å². The molecule has 0 fully saturated rings.